The lowest BCUT2D eigenvalue weighted by atomic mass is 10.0. The van der Waals surface area contributed by atoms with Crippen LogP contribution in [-0.2, 0) is 4.79 Å². The highest BCUT2D eigenvalue weighted by atomic mass is 35.5. The molecule has 1 aromatic heterocycles. The minimum Gasteiger partial charge on any atom is -0.481 e. The number of carboxylic acid groups (broad SMARTS) is 1. The molecular formula is C12H15ClN2O3. The van der Waals surface area contributed by atoms with Crippen molar-refractivity contribution in [3.63, 3.8) is 0 Å². The molecule has 0 aromatic carbocycles. The first-order chi connectivity index (χ1) is 8.54. The standard InChI is InChI=1S/C12H15ClN2O3/c1-2-3-9(12(17)18)7-15-11(16)8-4-5-14-10(13)6-8/h4-6,9H,2-3,7H2,1H3,(H,15,16)(H,17,18). The normalized spacial score (nSPS) is 11.9. The Bertz CT molecular complexity index is 437. The lowest BCUT2D eigenvalue weighted by molar-refractivity contribution is -0.141. The SMILES string of the molecule is CCCC(CNC(=O)c1ccnc(Cl)c1)C(=O)O. The van der Waals surface area contributed by atoms with E-state index in [-0.39, 0.29) is 17.6 Å². The van der Waals surface area contributed by atoms with Gasteiger partial charge in [-0.25, -0.2) is 4.98 Å². The van der Waals surface area contributed by atoms with Crippen LogP contribution >= 0.6 is 11.6 Å². The molecule has 1 heterocycles. The van der Waals surface area contributed by atoms with Crippen molar-refractivity contribution in [3.8, 4) is 0 Å². The first-order valence-electron chi connectivity index (χ1n) is 5.67. The maximum Gasteiger partial charge on any atom is 0.308 e. The smallest absolute Gasteiger partial charge is 0.308 e. The molecule has 1 atom stereocenters. The van der Waals surface area contributed by atoms with Crippen LogP contribution in [-0.4, -0.2) is 28.5 Å². The Kier molecular flexibility index (Phi) is 5.58. The number of rotatable bonds is 6. The van der Waals surface area contributed by atoms with Gasteiger partial charge in [-0.3, -0.25) is 9.59 Å². The van der Waals surface area contributed by atoms with Gasteiger partial charge in [-0.05, 0) is 18.6 Å². The highest BCUT2D eigenvalue weighted by Crippen LogP contribution is 2.08. The van der Waals surface area contributed by atoms with Gasteiger partial charge in [-0.2, -0.15) is 0 Å². The summed E-state index contributed by atoms with van der Waals surface area (Å²) in [4.78, 5) is 26.4. The van der Waals surface area contributed by atoms with Gasteiger partial charge in [0.05, 0.1) is 5.92 Å². The predicted octanol–water partition coefficient (Wildman–Crippen LogP) is 1.97. The van der Waals surface area contributed by atoms with Gasteiger partial charge in [0.15, 0.2) is 0 Å². The number of carbonyl (C=O) groups excluding carboxylic acids is 1. The molecule has 0 fully saturated rings. The summed E-state index contributed by atoms with van der Waals surface area (Å²) in [5.74, 6) is -1.80. The van der Waals surface area contributed by atoms with Gasteiger partial charge in [0.25, 0.3) is 5.91 Å². The van der Waals surface area contributed by atoms with Gasteiger partial charge in [0, 0.05) is 18.3 Å². The van der Waals surface area contributed by atoms with Crippen LogP contribution in [0.1, 0.15) is 30.1 Å². The number of aromatic nitrogens is 1. The van der Waals surface area contributed by atoms with Crippen LogP contribution in [0.25, 0.3) is 0 Å². The van der Waals surface area contributed by atoms with Crippen molar-refractivity contribution in [1.29, 1.82) is 0 Å². The van der Waals surface area contributed by atoms with Crippen molar-refractivity contribution in [2.24, 2.45) is 5.92 Å². The Morgan fingerprint density at radius 3 is 2.83 bits per heavy atom. The van der Waals surface area contributed by atoms with Crippen LogP contribution < -0.4 is 5.32 Å². The van der Waals surface area contributed by atoms with Crippen molar-refractivity contribution in [3.05, 3.63) is 29.0 Å². The van der Waals surface area contributed by atoms with Crippen LogP contribution in [0.15, 0.2) is 18.3 Å². The molecule has 1 aromatic rings. The molecule has 1 unspecified atom stereocenters. The van der Waals surface area contributed by atoms with E-state index in [1.807, 2.05) is 6.92 Å². The summed E-state index contributed by atoms with van der Waals surface area (Å²) in [6.07, 6.45) is 2.72. The Morgan fingerprint density at radius 2 is 2.28 bits per heavy atom. The minimum absolute atomic E-state index is 0.113. The number of amides is 1. The number of pyridine rings is 1. The van der Waals surface area contributed by atoms with E-state index in [1.54, 1.807) is 0 Å². The zero-order valence-electron chi connectivity index (χ0n) is 10.0. The van der Waals surface area contributed by atoms with E-state index in [9.17, 15) is 9.59 Å². The first-order valence-corrected chi connectivity index (χ1v) is 6.05. The molecule has 0 saturated carbocycles. The summed E-state index contributed by atoms with van der Waals surface area (Å²) in [5, 5.41) is 11.8. The summed E-state index contributed by atoms with van der Waals surface area (Å²) in [6.45, 7) is 2.02. The van der Waals surface area contributed by atoms with Crippen LogP contribution in [0.4, 0.5) is 0 Å². The highest BCUT2D eigenvalue weighted by molar-refractivity contribution is 6.29. The second-order valence-corrected chi connectivity index (χ2v) is 4.29. The molecule has 98 valence electrons. The van der Waals surface area contributed by atoms with Crippen molar-refractivity contribution in [1.82, 2.24) is 10.3 Å². The van der Waals surface area contributed by atoms with E-state index in [1.165, 1.54) is 18.3 Å². The summed E-state index contributed by atoms with van der Waals surface area (Å²) in [6, 6.07) is 2.96. The Hall–Kier alpha value is -1.62. The molecule has 18 heavy (non-hydrogen) atoms. The van der Waals surface area contributed by atoms with Crippen molar-refractivity contribution in [2.75, 3.05) is 6.54 Å². The van der Waals surface area contributed by atoms with Gasteiger partial charge in [-0.15, -0.1) is 0 Å². The fourth-order valence-electron chi connectivity index (χ4n) is 1.52. The van der Waals surface area contributed by atoms with Crippen molar-refractivity contribution < 1.29 is 14.7 Å². The van der Waals surface area contributed by atoms with Crippen LogP contribution in [0.5, 0.6) is 0 Å². The number of carboxylic acids is 1. The number of hydrogen-bond acceptors (Lipinski definition) is 3. The fourth-order valence-corrected chi connectivity index (χ4v) is 1.70. The molecule has 0 bridgehead atoms. The lowest BCUT2D eigenvalue weighted by Gasteiger charge is -2.12. The molecule has 0 saturated heterocycles. The molecule has 0 spiro atoms. The molecule has 5 nitrogen and oxygen atoms in total. The Morgan fingerprint density at radius 1 is 1.56 bits per heavy atom. The average Bonchev–Trinajstić information content (AvgIpc) is 2.33. The topological polar surface area (TPSA) is 79.3 Å². The van der Waals surface area contributed by atoms with Gasteiger partial charge < -0.3 is 10.4 Å². The third-order valence-corrected chi connectivity index (χ3v) is 2.69. The molecule has 0 aliphatic heterocycles. The number of nitrogens with one attached hydrogen (secondary N) is 1. The number of nitrogens with zero attached hydrogens (tertiary/aromatic N) is 1. The van der Waals surface area contributed by atoms with E-state index < -0.39 is 11.9 Å². The Labute approximate surface area is 110 Å². The van der Waals surface area contributed by atoms with E-state index in [2.05, 4.69) is 10.3 Å². The summed E-state index contributed by atoms with van der Waals surface area (Å²) in [5.41, 5.74) is 0.371. The molecule has 0 aliphatic carbocycles. The third kappa shape index (κ3) is 4.33. The number of carbonyl (C=O) groups is 2. The van der Waals surface area contributed by atoms with Crippen LogP contribution in [0.2, 0.25) is 5.15 Å². The van der Waals surface area contributed by atoms with E-state index in [0.29, 0.717) is 12.0 Å². The van der Waals surface area contributed by atoms with Gasteiger partial charge in [0.2, 0.25) is 0 Å². The number of halogens is 1. The first kappa shape index (κ1) is 14.4. The summed E-state index contributed by atoms with van der Waals surface area (Å²) >= 11 is 5.67. The monoisotopic (exact) mass is 270 g/mol. The molecular weight excluding hydrogens is 256 g/mol. The largest absolute Gasteiger partial charge is 0.481 e. The van der Waals surface area contributed by atoms with E-state index >= 15 is 0 Å². The summed E-state index contributed by atoms with van der Waals surface area (Å²) in [7, 11) is 0. The van der Waals surface area contributed by atoms with E-state index in [4.69, 9.17) is 16.7 Å². The summed E-state index contributed by atoms with van der Waals surface area (Å²) < 4.78 is 0. The third-order valence-electron chi connectivity index (χ3n) is 2.48. The number of hydrogen-bond donors (Lipinski definition) is 2. The van der Waals surface area contributed by atoms with Gasteiger partial charge >= 0.3 is 5.97 Å². The number of aliphatic carboxylic acids is 1. The van der Waals surface area contributed by atoms with Gasteiger partial charge in [0.1, 0.15) is 5.15 Å². The average molecular weight is 271 g/mol. The molecule has 1 rings (SSSR count). The quantitative estimate of drug-likeness (QED) is 0.775. The lowest BCUT2D eigenvalue weighted by Crippen LogP contribution is -2.32. The second-order valence-electron chi connectivity index (χ2n) is 3.90. The minimum atomic E-state index is -0.898. The predicted molar refractivity (Wildman–Crippen MR) is 67.6 cm³/mol. The molecule has 2 N–H and O–H groups in total. The van der Waals surface area contributed by atoms with Gasteiger partial charge in [-0.1, -0.05) is 24.9 Å². The molecule has 6 heteroatoms. The van der Waals surface area contributed by atoms with E-state index in [0.717, 1.165) is 6.42 Å². The molecule has 0 radical (unpaired) electrons. The van der Waals surface area contributed by atoms with Crippen molar-refractivity contribution >= 4 is 23.5 Å². The van der Waals surface area contributed by atoms with Crippen LogP contribution in [0.3, 0.4) is 0 Å². The maximum absolute atomic E-state index is 11.7. The maximum atomic E-state index is 11.7. The fraction of sp³-hybridized carbons (Fsp3) is 0.417. The molecule has 1 amide bonds. The Balaban J connectivity index is 2.57. The zero-order chi connectivity index (χ0) is 13.5. The molecule has 0 aliphatic rings. The second kappa shape index (κ2) is 6.96. The van der Waals surface area contributed by atoms with Crippen molar-refractivity contribution in [2.45, 2.75) is 19.8 Å². The highest BCUT2D eigenvalue weighted by Gasteiger charge is 2.17. The van der Waals surface area contributed by atoms with Crippen LogP contribution in [0, 0.1) is 5.92 Å². The zero-order valence-corrected chi connectivity index (χ0v) is 10.8.